The van der Waals surface area contributed by atoms with Crippen LogP contribution in [0.2, 0.25) is 0 Å². The topological polar surface area (TPSA) is 40.6 Å². The number of unbranched alkanes of at least 4 members (excludes halogenated alkanes) is 5. The molecule has 1 aliphatic rings. The van der Waals surface area contributed by atoms with Gasteiger partial charge >= 0.3 is 0 Å². The number of carbonyl (C=O) groups excluding carboxylic acids is 2. The van der Waals surface area contributed by atoms with E-state index in [1.54, 1.807) is 0 Å². The molecular formula is C23H40N2O2. The summed E-state index contributed by atoms with van der Waals surface area (Å²) in [4.78, 5) is 28.2. The second kappa shape index (κ2) is 13.8. The summed E-state index contributed by atoms with van der Waals surface area (Å²) < 4.78 is 0. The number of carbonyl (C=O) groups is 2. The van der Waals surface area contributed by atoms with Gasteiger partial charge in [0.25, 0.3) is 0 Å². The van der Waals surface area contributed by atoms with E-state index in [2.05, 4.69) is 30.6 Å². The number of hydrogen-bond donors (Lipinski definition) is 0. The van der Waals surface area contributed by atoms with Crippen LogP contribution in [0.3, 0.4) is 0 Å². The second-order valence-electron chi connectivity index (χ2n) is 8.38. The summed E-state index contributed by atoms with van der Waals surface area (Å²) in [7, 11) is 0. The lowest BCUT2D eigenvalue weighted by atomic mass is 10.0. The Morgan fingerprint density at radius 1 is 0.815 bits per heavy atom. The molecule has 0 atom stereocenters. The van der Waals surface area contributed by atoms with Gasteiger partial charge in [0.05, 0.1) is 6.54 Å². The Bertz CT molecular complexity index is 494. The molecule has 0 bridgehead atoms. The summed E-state index contributed by atoms with van der Waals surface area (Å²) in [6.07, 6.45) is 8.01. The van der Waals surface area contributed by atoms with Crippen molar-refractivity contribution < 1.29 is 9.59 Å². The van der Waals surface area contributed by atoms with Crippen molar-refractivity contribution in [3.63, 3.8) is 0 Å². The van der Waals surface area contributed by atoms with Crippen molar-refractivity contribution in [2.45, 2.75) is 79.1 Å². The third kappa shape index (κ3) is 11.2. The van der Waals surface area contributed by atoms with E-state index in [0.29, 0.717) is 24.0 Å². The molecule has 0 spiro atoms. The fourth-order valence-corrected chi connectivity index (χ4v) is 3.25. The SMILES string of the molecule is CC(C)C#CCN1CCN(C(=O)CCCCCCCCC(=O)C(C)C)CC1. The van der Waals surface area contributed by atoms with Gasteiger partial charge in [-0.15, -0.1) is 0 Å². The quantitative estimate of drug-likeness (QED) is 0.402. The molecule has 1 amide bonds. The molecule has 1 fully saturated rings. The first-order valence-corrected chi connectivity index (χ1v) is 10.9. The average Bonchev–Trinajstić information content (AvgIpc) is 2.63. The van der Waals surface area contributed by atoms with Gasteiger partial charge in [-0.3, -0.25) is 14.5 Å². The van der Waals surface area contributed by atoms with Gasteiger partial charge in [-0.05, 0) is 12.8 Å². The molecule has 1 aliphatic heterocycles. The van der Waals surface area contributed by atoms with Crippen LogP contribution < -0.4 is 0 Å². The number of ketones is 1. The fourth-order valence-electron chi connectivity index (χ4n) is 3.25. The Kier molecular flexibility index (Phi) is 12.1. The molecule has 1 rings (SSSR count). The summed E-state index contributed by atoms with van der Waals surface area (Å²) in [5.41, 5.74) is 0. The predicted octanol–water partition coefficient (Wildman–Crippen LogP) is 4.14. The Hall–Kier alpha value is -1.34. The summed E-state index contributed by atoms with van der Waals surface area (Å²) in [6.45, 7) is 12.5. The van der Waals surface area contributed by atoms with Gasteiger partial charge in [0, 0.05) is 50.9 Å². The van der Waals surface area contributed by atoms with Gasteiger partial charge in [0.15, 0.2) is 0 Å². The molecule has 1 heterocycles. The zero-order chi connectivity index (χ0) is 20.1. The summed E-state index contributed by atoms with van der Waals surface area (Å²) in [6, 6.07) is 0. The highest BCUT2D eigenvalue weighted by Gasteiger charge is 2.19. The van der Waals surface area contributed by atoms with Gasteiger partial charge in [-0.2, -0.15) is 0 Å². The van der Waals surface area contributed by atoms with Crippen molar-refractivity contribution in [3.05, 3.63) is 0 Å². The minimum absolute atomic E-state index is 0.172. The Balaban J connectivity index is 2.02. The third-order valence-corrected chi connectivity index (χ3v) is 5.13. The zero-order valence-corrected chi connectivity index (χ0v) is 18.1. The first-order valence-electron chi connectivity index (χ1n) is 10.9. The maximum Gasteiger partial charge on any atom is 0.222 e. The van der Waals surface area contributed by atoms with Crippen LogP contribution in [-0.4, -0.2) is 54.2 Å². The number of Topliss-reactive ketones (excluding diaryl/α,β-unsaturated/α-hetero) is 1. The number of hydrogen-bond acceptors (Lipinski definition) is 3. The van der Waals surface area contributed by atoms with E-state index in [1.807, 2.05) is 18.7 Å². The van der Waals surface area contributed by atoms with Crippen molar-refractivity contribution >= 4 is 11.7 Å². The molecule has 0 aromatic carbocycles. The van der Waals surface area contributed by atoms with E-state index in [-0.39, 0.29) is 5.92 Å². The molecule has 1 saturated heterocycles. The minimum atomic E-state index is 0.172. The molecule has 0 aliphatic carbocycles. The predicted molar refractivity (Wildman–Crippen MR) is 112 cm³/mol. The fraction of sp³-hybridized carbons (Fsp3) is 0.826. The minimum Gasteiger partial charge on any atom is -0.340 e. The van der Waals surface area contributed by atoms with Crippen LogP contribution in [0, 0.1) is 23.7 Å². The lowest BCUT2D eigenvalue weighted by molar-refractivity contribution is -0.133. The molecule has 0 saturated carbocycles. The van der Waals surface area contributed by atoms with Crippen LogP contribution in [-0.2, 0) is 9.59 Å². The van der Waals surface area contributed by atoms with Crippen molar-refractivity contribution in [3.8, 4) is 11.8 Å². The monoisotopic (exact) mass is 376 g/mol. The molecule has 0 unspecified atom stereocenters. The van der Waals surface area contributed by atoms with E-state index in [1.165, 1.54) is 12.8 Å². The number of rotatable bonds is 11. The molecule has 0 aromatic rings. The first-order chi connectivity index (χ1) is 12.9. The zero-order valence-electron chi connectivity index (χ0n) is 18.1. The van der Waals surface area contributed by atoms with Crippen molar-refractivity contribution in [2.75, 3.05) is 32.7 Å². The van der Waals surface area contributed by atoms with Crippen molar-refractivity contribution in [1.29, 1.82) is 0 Å². The lowest BCUT2D eigenvalue weighted by Crippen LogP contribution is -2.48. The molecule has 0 N–H and O–H groups in total. The van der Waals surface area contributed by atoms with Crippen LogP contribution >= 0.6 is 0 Å². The Morgan fingerprint density at radius 3 is 1.93 bits per heavy atom. The highest BCUT2D eigenvalue weighted by atomic mass is 16.2. The van der Waals surface area contributed by atoms with Crippen LogP contribution in [0.5, 0.6) is 0 Å². The Labute approximate surface area is 167 Å². The summed E-state index contributed by atoms with van der Waals surface area (Å²) in [5, 5.41) is 0. The smallest absolute Gasteiger partial charge is 0.222 e. The van der Waals surface area contributed by atoms with E-state index in [4.69, 9.17) is 0 Å². The van der Waals surface area contributed by atoms with Gasteiger partial charge in [-0.25, -0.2) is 0 Å². The van der Waals surface area contributed by atoms with Gasteiger partial charge < -0.3 is 4.90 Å². The molecule has 0 aromatic heterocycles. The van der Waals surface area contributed by atoms with Gasteiger partial charge in [0.2, 0.25) is 5.91 Å². The second-order valence-corrected chi connectivity index (χ2v) is 8.38. The highest BCUT2D eigenvalue weighted by Crippen LogP contribution is 2.12. The molecule has 4 nitrogen and oxygen atoms in total. The normalized spacial score (nSPS) is 15.1. The third-order valence-electron chi connectivity index (χ3n) is 5.13. The van der Waals surface area contributed by atoms with E-state index in [0.717, 1.165) is 64.8 Å². The standard InChI is InChI=1S/C23H40N2O2/c1-20(2)12-11-15-24-16-18-25(19-17-24)23(27)14-10-8-6-5-7-9-13-22(26)21(3)4/h20-21H,5-10,13-19H2,1-4H3. The van der Waals surface area contributed by atoms with Gasteiger partial charge in [-0.1, -0.05) is 65.2 Å². The number of nitrogens with zero attached hydrogens (tertiary/aromatic N) is 2. The van der Waals surface area contributed by atoms with Crippen LogP contribution in [0.15, 0.2) is 0 Å². The van der Waals surface area contributed by atoms with Crippen molar-refractivity contribution in [2.24, 2.45) is 11.8 Å². The summed E-state index contributed by atoms with van der Waals surface area (Å²) >= 11 is 0. The number of piperazine rings is 1. The number of amides is 1. The summed E-state index contributed by atoms with van der Waals surface area (Å²) in [5.74, 6) is 7.72. The maximum absolute atomic E-state index is 12.3. The van der Waals surface area contributed by atoms with Crippen molar-refractivity contribution in [1.82, 2.24) is 9.80 Å². The van der Waals surface area contributed by atoms with Crippen LogP contribution in [0.1, 0.15) is 79.1 Å². The van der Waals surface area contributed by atoms with E-state index < -0.39 is 0 Å². The van der Waals surface area contributed by atoms with E-state index in [9.17, 15) is 9.59 Å². The molecule has 154 valence electrons. The first kappa shape index (κ1) is 23.7. The van der Waals surface area contributed by atoms with Crippen LogP contribution in [0.4, 0.5) is 0 Å². The highest BCUT2D eigenvalue weighted by molar-refractivity contribution is 5.80. The maximum atomic E-state index is 12.3. The molecular weight excluding hydrogens is 336 g/mol. The molecule has 0 radical (unpaired) electrons. The van der Waals surface area contributed by atoms with Gasteiger partial charge in [0.1, 0.15) is 5.78 Å². The van der Waals surface area contributed by atoms with E-state index >= 15 is 0 Å². The largest absolute Gasteiger partial charge is 0.340 e. The molecule has 4 heteroatoms. The average molecular weight is 377 g/mol. The lowest BCUT2D eigenvalue weighted by Gasteiger charge is -2.33. The molecule has 27 heavy (non-hydrogen) atoms. The Morgan fingerprint density at radius 2 is 1.37 bits per heavy atom. The van der Waals surface area contributed by atoms with Crippen LogP contribution in [0.25, 0.3) is 0 Å².